The number of nitrogens with zero attached hydrogens (tertiary/aromatic N) is 1. The van der Waals surface area contributed by atoms with Crippen molar-refractivity contribution in [3.05, 3.63) is 34.3 Å². The molecule has 1 saturated heterocycles. The maximum Gasteiger partial charge on any atom is 0.410 e. The number of aliphatic hydroxyl groups is 1. The smallest absolute Gasteiger partial charge is 0.410 e. The number of rotatable bonds is 0. The Bertz CT molecular complexity index is 595. The molecular weight excluding hydrogens is 346 g/mol. The van der Waals surface area contributed by atoms with Crippen molar-refractivity contribution in [1.29, 1.82) is 0 Å². The summed E-state index contributed by atoms with van der Waals surface area (Å²) in [5.74, 6) is 5.84. The molecule has 0 saturated carbocycles. The maximum atomic E-state index is 12.0. The molecule has 1 aromatic rings. The summed E-state index contributed by atoms with van der Waals surface area (Å²) in [7, 11) is 0. The molecule has 1 aromatic carbocycles. The molecule has 1 amide bonds. The second-order valence-corrected chi connectivity index (χ2v) is 7.25. The van der Waals surface area contributed by atoms with Gasteiger partial charge in [0.15, 0.2) is 0 Å². The summed E-state index contributed by atoms with van der Waals surface area (Å²) in [6.07, 6.45) is -1.05. The zero-order valence-electron chi connectivity index (χ0n) is 13.0. The minimum Gasteiger partial charge on any atom is -0.444 e. The fourth-order valence-corrected chi connectivity index (χ4v) is 2.38. The third kappa shape index (κ3) is 4.75. The number of carbonyl (C=O) groups is 1. The molecule has 4 nitrogen and oxygen atoms in total. The first-order valence-electron chi connectivity index (χ1n) is 7.18. The number of amides is 1. The Morgan fingerprint density at radius 2 is 1.95 bits per heavy atom. The van der Waals surface area contributed by atoms with Crippen LogP contribution < -0.4 is 0 Å². The van der Waals surface area contributed by atoms with Crippen molar-refractivity contribution >= 4 is 22.0 Å². The second kappa shape index (κ2) is 6.72. The Kier molecular flexibility index (Phi) is 5.15. The van der Waals surface area contributed by atoms with Crippen molar-refractivity contribution in [2.75, 3.05) is 13.1 Å². The minimum absolute atomic E-state index is 0.254. The molecule has 1 heterocycles. The SMILES string of the molecule is CC(C)(C)OC(=O)N1C[C@@H](O)[C@H](C#Cc2ccc(Br)cc2)C1. The summed E-state index contributed by atoms with van der Waals surface area (Å²) in [6, 6.07) is 7.65. The Labute approximate surface area is 139 Å². The topological polar surface area (TPSA) is 49.8 Å². The molecule has 0 radical (unpaired) electrons. The van der Waals surface area contributed by atoms with Crippen molar-refractivity contribution in [3.63, 3.8) is 0 Å². The average Bonchev–Trinajstić information content (AvgIpc) is 2.78. The Hall–Kier alpha value is -1.51. The highest BCUT2D eigenvalue weighted by molar-refractivity contribution is 9.10. The molecule has 0 aliphatic carbocycles. The van der Waals surface area contributed by atoms with Gasteiger partial charge >= 0.3 is 6.09 Å². The van der Waals surface area contributed by atoms with Crippen LogP contribution in [0.15, 0.2) is 28.7 Å². The van der Waals surface area contributed by atoms with Crippen LogP contribution >= 0.6 is 15.9 Å². The molecular formula is C17H20BrNO3. The Morgan fingerprint density at radius 1 is 1.32 bits per heavy atom. The molecule has 118 valence electrons. The van der Waals surface area contributed by atoms with Crippen molar-refractivity contribution < 1.29 is 14.6 Å². The van der Waals surface area contributed by atoms with E-state index >= 15 is 0 Å². The van der Waals surface area contributed by atoms with Gasteiger partial charge in [-0.1, -0.05) is 27.8 Å². The molecule has 2 atom stereocenters. The highest BCUT2D eigenvalue weighted by atomic mass is 79.9. The third-order valence-corrected chi connectivity index (χ3v) is 3.72. The van der Waals surface area contributed by atoms with Gasteiger partial charge in [0, 0.05) is 16.6 Å². The van der Waals surface area contributed by atoms with E-state index in [0.717, 1.165) is 10.0 Å². The van der Waals surface area contributed by atoms with Gasteiger partial charge in [0.1, 0.15) is 5.60 Å². The van der Waals surface area contributed by atoms with Gasteiger partial charge in [-0.15, -0.1) is 0 Å². The fraction of sp³-hybridized carbons (Fsp3) is 0.471. The number of carbonyl (C=O) groups excluding carboxylic acids is 1. The number of hydrogen-bond donors (Lipinski definition) is 1. The highest BCUT2D eigenvalue weighted by Crippen LogP contribution is 2.20. The summed E-state index contributed by atoms with van der Waals surface area (Å²) < 4.78 is 6.31. The first-order valence-corrected chi connectivity index (χ1v) is 7.97. The molecule has 2 rings (SSSR count). The molecule has 22 heavy (non-hydrogen) atoms. The first-order chi connectivity index (χ1) is 10.2. The summed E-state index contributed by atoms with van der Waals surface area (Å²) in [5.41, 5.74) is 0.342. The van der Waals surface area contributed by atoms with Crippen molar-refractivity contribution in [3.8, 4) is 11.8 Å². The highest BCUT2D eigenvalue weighted by Gasteiger charge is 2.35. The second-order valence-electron chi connectivity index (χ2n) is 6.34. The predicted octanol–water partition coefficient (Wildman–Crippen LogP) is 3.03. The van der Waals surface area contributed by atoms with Gasteiger partial charge in [0.2, 0.25) is 0 Å². The number of hydrogen-bond acceptors (Lipinski definition) is 3. The van der Waals surface area contributed by atoms with Gasteiger partial charge < -0.3 is 14.7 Å². The van der Waals surface area contributed by atoms with E-state index in [9.17, 15) is 9.90 Å². The third-order valence-electron chi connectivity index (χ3n) is 3.19. The summed E-state index contributed by atoms with van der Waals surface area (Å²) in [4.78, 5) is 13.5. The van der Waals surface area contributed by atoms with Crippen LogP contribution in [0.5, 0.6) is 0 Å². The van der Waals surface area contributed by atoms with Crippen LogP contribution in [0.25, 0.3) is 0 Å². The zero-order chi connectivity index (χ0) is 16.3. The van der Waals surface area contributed by atoms with Crippen molar-refractivity contribution in [2.24, 2.45) is 5.92 Å². The van der Waals surface area contributed by atoms with Crippen LogP contribution in [0, 0.1) is 17.8 Å². The predicted molar refractivity (Wildman–Crippen MR) is 88.3 cm³/mol. The quantitative estimate of drug-likeness (QED) is 0.718. The number of benzene rings is 1. The molecule has 0 aromatic heterocycles. The molecule has 1 N–H and O–H groups in total. The molecule has 0 bridgehead atoms. The average molecular weight is 366 g/mol. The van der Waals surface area contributed by atoms with E-state index in [0.29, 0.717) is 6.54 Å². The Balaban J connectivity index is 2.00. The van der Waals surface area contributed by atoms with Gasteiger partial charge in [0.05, 0.1) is 18.6 Å². The van der Waals surface area contributed by atoms with Crippen LogP contribution in [0.2, 0.25) is 0 Å². The lowest BCUT2D eigenvalue weighted by Crippen LogP contribution is -2.35. The van der Waals surface area contributed by atoms with E-state index in [2.05, 4.69) is 27.8 Å². The maximum absolute atomic E-state index is 12.0. The van der Waals surface area contributed by atoms with Crippen molar-refractivity contribution in [1.82, 2.24) is 4.90 Å². The van der Waals surface area contributed by atoms with E-state index in [-0.39, 0.29) is 12.5 Å². The van der Waals surface area contributed by atoms with E-state index < -0.39 is 17.8 Å². The Morgan fingerprint density at radius 3 is 2.55 bits per heavy atom. The van der Waals surface area contributed by atoms with Gasteiger partial charge in [-0.3, -0.25) is 0 Å². The van der Waals surface area contributed by atoms with E-state index in [4.69, 9.17) is 4.74 Å². The first kappa shape index (κ1) is 16.9. The van der Waals surface area contributed by atoms with Gasteiger partial charge in [-0.05, 0) is 45.0 Å². The lowest BCUT2D eigenvalue weighted by atomic mass is 10.1. The molecule has 0 unspecified atom stereocenters. The summed E-state index contributed by atoms with van der Waals surface area (Å²) in [5, 5.41) is 10.1. The van der Waals surface area contributed by atoms with Gasteiger partial charge in [-0.2, -0.15) is 0 Å². The zero-order valence-corrected chi connectivity index (χ0v) is 14.6. The van der Waals surface area contributed by atoms with E-state index in [1.807, 2.05) is 45.0 Å². The molecule has 1 fully saturated rings. The van der Waals surface area contributed by atoms with E-state index in [1.54, 1.807) is 0 Å². The lowest BCUT2D eigenvalue weighted by Gasteiger charge is -2.24. The lowest BCUT2D eigenvalue weighted by molar-refractivity contribution is 0.0270. The molecule has 0 spiro atoms. The van der Waals surface area contributed by atoms with Crippen LogP contribution in [0.3, 0.4) is 0 Å². The monoisotopic (exact) mass is 365 g/mol. The van der Waals surface area contributed by atoms with Crippen LogP contribution in [0.1, 0.15) is 26.3 Å². The molecule has 1 aliphatic rings. The minimum atomic E-state index is -0.643. The largest absolute Gasteiger partial charge is 0.444 e. The van der Waals surface area contributed by atoms with Gasteiger partial charge in [-0.25, -0.2) is 4.79 Å². The van der Waals surface area contributed by atoms with E-state index in [1.165, 1.54) is 4.90 Å². The number of β-amino-alcohol motifs (C(OH)–C–C–N with tert-alkyl or cyclic N) is 1. The number of aliphatic hydroxyl groups excluding tert-OH is 1. The summed E-state index contributed by atoms with van der Waals surface area (Å²) >= 11 is 3.37. The summed E-state index contributed by atoms with van der Waals surface area (Å²) in [6.45, 7) is 6.11. The number of halogens is 1. The molecule has 1 aliphatic heterocycles. The van der Waals surface area contributed by atoms with Crippen LogP contribution in [0.4, 0.5) is 4.79 Å². The normalized spacial score (nSPS) is 21.2. The van der Waals surface area contributed by atoms with Crippen LogP contribution in [-0.4, -0.2) is 40.9 Å². The van der Waals surface area contributed by atoms with Crippen molar-refractivity contribution in [2.45, 2.75) is 32.5 Å². The number of likely N-dealkylation sites (tertiary alicyclic amines) is 1. The van der Waals surface area contributed by atoms with Crippen LogP contribution in [-0.2, 0) is 4.74 Å². The standard InChI is InChI=1S/C17H20BrNO3/c1-17(2,3)22-16(21)19-10-13(15(20)11-19)7-4-12-5-8-14(18)9-6-12/h5-6,8-9,13,15,20H,10-11H2,1-3H3/t13-,15-/m1/s1. The fourth-order valence-electron chi connectivity index (χ4n) is 2.11. The molecule has 5 heteroatoms. The number of ether oxygens (including phenoxy) is 1. The van der Waals surface area contributed by atoms with Gasteiger partial charge in [0.25, 0.3) is 0 Å².